The van der Waals surface area contributed by atoms with Gasteiger partial charge in [-0.1, -0.05) is 47.5 Å². The number of amides is 1. The van der Waals surface area contributed by atoms with Gasteiger partial charge in [-0.3, -0.25) is 4.79 Å². The normalized spacial score (nSPS) is 11.5. The van der Waals surface area contributed by atoms with Crippen molar-refractivity contribution in [3.8, 4) is 11.1 Å². The molecule has 3 aromatic rings. The van der Waals surface area contributed by atoms with Crippen molar-refractivity contribution in [2.45, 2.75) is 18.2 Å². The van der Waals surface area contributed by atoms with Gasteiger partial charge in [-0.2, -0.15) is 8.42 Å². The van der Waals surface area contributed by atoms with Crippen LogP contribution in [0, 0.1) is 6.92 Å². The summed E-state index contributed by atoms with van der Waals surface area (Å²) < 4.78 is 29.9. The average molecular weight is 505 g/mol. The highest BCUT2D eigenvalue weighted by Gasteiger charge is 2.21. The predicted octanol–water partition coefficient (Wildman–Crippen LogP) is 4.82. The second-order valence-electron chi connectivity index (χ2n) is 7.52. The summed E-state index contributed by atoms with van der Waals surface area (Å²) in [6, 6.07) is 13.4. The van der Waals surface area contributed by atoms with E-state index in [1.54, 1.807) is 63.5 Å². The molecule has 3 rings (SSSR count). The molecule has 0 atom stereocenters. The first-order valence-electron chi connectivity index (χ1n) is 9.83. The molecule has 172 valence electrons. The van der Waals surface area contributed by atoms with Gasteiger partial charge >= 0.3 is 0 Å². The number of rotatable bonds is 7. The third-order valence-corrected chi connectivity index (χ3v) is 6.62. The van der Waals surface area contributed by atoms with E-state index in [1.165, 1.54) is 23.5 Å². The van der Waals surface area contributed by atoms with Gasteiger partial charge in [-0.05, 0) is 42.3 Å². The summed E-state index contributed by atoms with van der Waals surface area (Å²) in [4.78, 5) is 18.1. The number of benzene rings is 2. The largest absolute Gasteiger partial charge is 0.368 e. The predicted molar refractivity (Wildman–Crippen MR) is 133 cm³/mol. The molecule has 0 unspecified atom stereocenters. The van der Waals surface area contributed by atoms with Crippen LogP contribution in [-0.2, 0) is 21.2 Å². The first-order chi connectivity index (χ1) is 15.6. The van der Waals surface area contributed by atoms with Gasteiger partial charge in [0.15, 0.2) is 0 Å². The number of nitrogens with zero attached hydrogens (tertiary/aromatic N) is 3. The van der Waals surface area contributed by atoms with Crippen molar-refractivity contribution in [3.05, 3.63) is 76.0 Å². The van der Waals surface area contributed by atoms with E-state index in [4.69, 9.17) is 23.2 Å². The van der Waals surface area contributed by atoms with Gasteiger partial charge in [-0.25, -0.2) is 4.98 Å². The van der Waals surface area contributed by atoms with Gasteiger partial charge in [0, 0.05) is 42.1 Å². The number of aromatic nitrogens is 1. The fraction of sp³-hybridized carbons (Fsp3) is 0.174. The zero-order valence-electron chi connectivity index (χ0n) is 18.2. The molecule has 10 heteroatoms. The standard InChI is InChI=1S/C23H22Cl2N4O3S/c1-15-10-17(13-26-23(15)25)19-9-8-18(12-21(19)33(31,32)27-14-29(2)3)28-22(30)11-16-6-4-5-7-20(16)24/h4-10,12-14H,11H2,1-3H3,(H,28,30)/b27-14+. The van der Waals surface area contributed by atoms with E-state index in [-0.39, 0.29) is 17.2 Å². The third-order valence-electron chi connectivity index (χ3n) is 4.59. The van der Waals surface area contributed by atoms with E-state index in [0.29, 0.717) is 38.1 Å². The van der Waals surface area contributed by atoms with Crippen LogP contribution in [0.1, 0.15) is 11.1 Å². The maximum Gasteiger partial charge on any atom is 0.284 e. The molecule has 0 aliphatic carbocycles. The van der Waals surface area contributed by atoms with Crippen LogP contribution >= 0.6 is 23.2 Å². The molecule has 0 bridgehead atoms. The summed E-state index contributed by atoms with van der Waals surface area (Å²) >= 11 is 12.2. The van der Waals surface area contributed by atoms with Gasteiger partial charge in [0.2, 0.25) is 5.91 Å². The quantitative estimate of drug-likeness (QED) is 0.282. The topological polar surface area (TPSA) is 91.7 Å². The zero-order chi connectivity index (χ0) is 24.2. The summed E-state index contributed by atoms with van der Waals surface area (Å²) in [6.07, 6.45) is 2.74. The molecule has 7 nitrogen and oxygen atoms in total. The second-order valence-corrected chi connectivity index (χ2v) is 9.88. The molecule has 2 aromatic carbocycles. The first-order valence-corrected chi connectivity index (χ1v) is 12.0. The SMILES string of the molecule is Cc1cc(-c2ccc(NC(=O)Cc3ccccc3Cl)cc2S(=O)(=O)/N=C/N(C)C)cnc1Cl. The van der Waals surface area contributed by atoms with Crippen molar-refractivity contribution in [1.29, 1.82) is 0 Å². The molecule has 0 aliphatic rings. The Kier molecular flexibility index (Phi) is 7.73. The van der Waals surface area contributed by atoms with Gasteiger partial charge in [0.1, 0.15) is 11.5 Å². The highest BCUT2D eigenvalue weighted by molar-refractivity contribution is 7.90. The molecule has 0 saturated carbocycles. The summed E-state index contributed by atoms with van der Waals surface area (Å²) in [6.45, 7) is 1.78. The number of carbonyl (C=O) groups excluding carboxylic acids is 1. The highest BCUT2D eigenvalue weighted by Crippen LogP contribution is 2.32. The molecule has 33 heavy (non-hydrogen) atoms. The number of hydrogen-bond donors (Lipinski definition) is 1. The lowest BCUT2D eigenvalue weighted by molar-refractivity contribution is -0.115. The molecular formula is C23H22Cl2N4O3S. The average Bonchev–Trinajstić information content (AvgIpc) is 2.76. The number of anilines is 1. The van der Waals surface area contributed by atoms with Gasteiger partial charge in [0.25, 0.3) is 10.0 Å². The number of sulfonamides is 1. The van der Waals surface area contributed by atoms with E-state index in [2.05, 4.69) is 14.7 Å². The Labute approximate surface area is 203 Å². The Balaban J connectivity index is 2.01. The van der Waals surface area contributed by atoms with E-state index in [0.717, 1.165) is 0 Å². The van der Waals surface area contributed by atoms with Crippen molar-refractivity contribution in [2.24, 2.45) is 4.40 Å². The molecule has 0 aliphatic heterocycles. The lowest BCUT2D eigenvalue weighted by atomic mass is 10.1. The Morgan fingerprint density at radius 1 is 1.15 bits per heavy atom. The van der Waals surface area contributed by atoms with Crippen molar-refractivity contribution in [3.63, 3.8) is 0 Å². The number of aryl methyl sites for hydroxylation is 1. The van der Waals surface area contributed by atoms with E-state index in [9.17, 15) is 13.2 Å². The maximum atomic E-state index is 13.1. The molecule has 1 amide bonds. The number of carbonyl (C=O) groups is 1. The van der Waals surface area contributed by atoms with Crippen LogP contribution in [0.2, 0.25) is 10.2 Å². The molecule has 1 N–H and O–H groups in total. The van der Waals surface area contributed by atoms with Crippen LogP contribution in [0.4, 0.5) is 5.69 Å². The van der Waals surface area contributed by atoms with Crippen molar-refractivity contribution >= 4 is 51.2 Å². The van der Waals surface area contributed by atoms with Crippen molar-refractivity contribution in [1.82, 2.24) is 9.88 Å². The van der Waals surface area contributed by atoms with Crippen LogP contribution in [0.3, 0.4) is 0 Å². The van der Waals surface area contributed by atoms with Crippen molar-refractivity contribution in [2.75, 3.05) is 19.4 Å². The molecule has 1 aromatic heterocycles. The Morgan fingerprint density at radius 3 is 2.55 bits per heavy atom. The number of hydrogen-bond acceptors (Lipinski definition) is 4. The van der Waals surface area contributed by atoms with Crippen LogP contribution < -0.4 is 5.32 Å². The fourth-order valence-electron chi connectivity index (χ4n) is 2.99. The fourth-order valence-corrected chi connectivity index (χ4v) is 4.46. The highest BCUT2D eigenvalue weighted by atomic mass is 35.5. The lowest BCUT2D eigenvalue weighted by Gasteiger charge is -2.13. The van der Waals surface area contributed by atoms with Crippen LogP contribution in [0.15, 0.2) is 64.0 Å². The molecule has 0 spiro atoms. The van der Waals surface area contributed by atoms with E-state index < -0.39 is 10.0 Å². The molecule has 0 fully saturated rings. The van der Waals surface area contributed by atoms with Crippen LogP contribution in [0.5, 0.6) is 0 Å². The smallest absolute Gasteiger partial charge is 0.284 e. The molecule has 1 heterocycles. The Bertz CT molecular complexity index is 1330. The lowest BCUT2D eigenvalue weighted by Crippen LogP contribution is -2.15. The van der Waals surface area contributed by atoms with Gasteiger partial charge in [0.05, 0.1) is 11.3 Å². The van der Waals surface area contributed by atoms with E-state index in [1.807, 2.05) is 0 Å². The van der Waals surface area contributed by atoms with Gasteiger partial charge in [-0.15, -0.1) is 4.40 Å². The number of pyridine rings is 1. The number of halogens is 2. The summed E-state index contributed by atoms with van der Waals surface area (Å²) in [5, 5.41) is 3.55. The Hall–Kier alpha value is -2.94. The summed E-state index contributed by atoms with van der Waals surface area (Å²) in [5.74, 6) is -0.333. The molecule has 0 radical (unpaired) electrons. The monoisotopic (exact) mass is 504 g/mol. The minimum absolute atomic E-state index is 0.0442. The summed E-state index contributed by atoms with van der Waals surface area (Å²) in [7, 11) is -0.758. The van der Waals surface area contributed by atoms with Gasteiger partial charge < -0.3 is 10.2 Å². The maximum absolute atomic E-state index is 13.1. The van der Waals surface area contributed by atoms with Crippen LogP contribution in [0.25, 0.3) is 11.1 Å². The zero-order valence-corrected chi connectivity index (χ0v) is 20.5. The van der Waals surface area contributed by atoms with E-state index >= 15 is 0 Å². The van der Waals surface area contributed by atoms with Crippen molar-refractivity contribution < 1.29 is 13.2 Å². The first kappa shape index (κ1) is 24.7. The third kappa shape index (κ3) is 6.31. The minimum Gasteiger partial charge on any atom is -0.368 e. The minimum atomic E-state index is -4.09. The van der Waals surface area contributed by atoms with Crippen LogP contribution in [-0.4, -0.2) is 44.6 Å². The number of nitrogens with one attached hydrogen (secondary N) is 1. The Morgan fingerprint density at radius 2 is 1.88 bits per heavy atom. The molecular weight excluding hydrogens is 483 g/mol. The second kappa shape index (κ2) is 10.3. The molecule has 0 saturated heterocycles. The summed E-state index contributed by atoms with van der Waals surface area (Å²) in [5.41, 5.74) is 2.63.